The molecule has 1 aliphatic carbocycles. The van der Waals surface area contributed by atoms with E-state index in [1.165, 1.54) is 29.9 Å². The van der Waals surface area contributed by atoms with Gasteiger partial charge in [0.15, 0.2) is 0 Å². The molecular weight excluding hydrogens is 339 g/mol. The van der Waals surface area contributed by atoms with Crippen molar-refractivity contribution in [3.8, 4) is 0 Å². The molecule has 2 aromatic rings. The van der Waals surface area contributed by atoms with Crippen LogP contribution < -0.4 is 11.1 Å². The van der Waals surface area contributed by atoms with Crippen LogP contribution in [0.15, 0.2) is 35.7 Å². The van der Waals surface area contributed by atoms with Crippen LogP contribution in [0, 0.1) is 5.82 Å². The van der Waals surface area contributed by atoms with E-state index in [4.69, 9.17) is 5.73 Å². The minimum absolute atomic E-state index is 0.124. The standard InChI is InChI=1S/C19H21FN2O2S/c20-15-11-12(8-9-14(15)18(21)23)17(16-7-4-10-25-16)19(24)22-13-5-2-1-3-6-13/h4,7-11,13,17H,1-3,5-6H2,(H2,21,23)(H,22,24). The molecule has 0 saturated heterocycles. The zero-order chi connectivity index (χ0) is 17.8. The summed E-state index contributed by atoms with van der Waals surface area (Å²) in [6, 6.07) is 8.11. The van der Waals surface area contributed by atoms with Gasteiger partial charge in [0.1, 0.15) is 5.82 Å². The number of hydrogen-bond donors (Lipinski definition) is 2. The number of halogens is 1. The molecule has 4 nitrogen and oxygen atoms in total. The molecule has 25 heavy (non-hydrogen) atoms. The maximum atomic E-state index is 14.2. The fourth-order valence-electron chi connectivity index (χ4n) is 3.34. The highest BCUT2D eigenvalue weighted by molar-refractivity contribution is 7.10. The van der Waals surface area contributed by atoms with Gasteiger partial charge in [0.25, 0.3) is 5.91 Å². The van der Waals surface area contributed by atoms with Crippen molar-refractivity contribution in [3.05, 3.63) is 57.5 Å². The average molecular weight is 360 g/mol. The van der Waals surface area contributed by atoms with Crippen molar-refractivity contribution in [3.63, 3.8) is 0 Å². The molecule has 132 valence electrons. The van der Waals surface area contributed by atoms with Crippen LogP contribution in [-0.2, 0) is 4.79 Å². The summed E-state index contributed by atoms with van der Waals surface area (Å²) < 4.78 is 14.2. The Bertz CT molecular complexity index is 755. The van der Waals surface area contributed by atoms with Crippen molar-refractivity contribution in [2.75, 3.05) is 0 Å². The Kier molecular flexibility index (Phi) is 5.48. The maximum absolute atomic E-state index is 14.2. The Morgan fingerprint density at radius 1 is 1.20 bits per heavy atom. The second-order valence-corrected chi connectivity index (χ2v) is 7.37. The normalized spacial score (nSPS) is 16.4. The van der Waals surface area contributed by atoms with Gasteiger partial charge >= 0.3 is 0 Å². The van der Waals surface area contributed by atoms with E-state index in [0.29, 0.717) is 5.56 Å². The van der Waals surface area contributed by atoms with Crippen LogP contribution >= 0.6 is 11.3 Å². The second-order valence-electron chi connectivity index (χ2n) is 6.40. The molecule has 0 spiro atoms. The Hall–Kier alpha value is -2.21. The summed E-state index contributed by atoms with van der Waals surface area (Å²) in [6.07, 6.45) is 5.42. The van der Waals surface area contributed by atoms with Gasteiger partial charge in [-0.2, -0.15) is 0 Å². The highest BCUT2D eigenvalue weighted by Crippen LogP contribution is 2.30. The first kappa shape index (κ1) is 17.6. The number of nitrogens with two attached hydrogens (primary N) is 1. The van der Waals surface area contributed by atoms with E-state index in [9.17, 15) is 14.0 Å². The lowest BCUT2D eigenvalue weighted by molar-refractivity contribution is -0.122. The molecule has 2 amide bonds. The molecule has 0 aliphatic heterocycles. The lowest BCUT2D eigenvalue weighted by atomic mass is 9.92. The second kappa shape index (κ2) is 7.78. The van der Waals surface area contributed by atoms with Gasteiger partial charge < -0.3 is 11.1 Å². The number of nitrogens with one attached hydrogen (secondary N) is 1. The number of amides is 2. The highest BCUT2D eigenvalue weighted by atomic mass is 32.1. The van der Waals surface area contributed by atoms with Gasteiger partial charge in [-0.15, -0.1) is 11.3 Å². The number of thiophene rings is 1. The first-order valence-corrected chi connectivity index (χ1v) is 9.37. The molecular formula is C19H21FN2O2S. The predicted octanol–water partition coefficient (Wildman–Crippen LogP) is 3.57. The summed E-state index contributed by atoms with van der Waals surface area (Å²) in [5.41, 5.74) is 5.52. The lowest BCUT2D eigenvalue weighted by Crippen LogP contribution is -2.39. The molecule has 0 bridgehead atoms. The quantitative estimate of drug-likeness (QED) is 0.856. The van der Waals surface area contributed by atoms with Gasteiger partial charge in [-0.1, -0.05) is 31.4 Å². The summed E-state index contributed by atoms with van der Waals surface area (Å²) >= 11 is 1.46. The summed E-state index contributed by atoms with van der Waals surface area (Å²) in [7, 11) is 0. The minimum atomic E-state index is -0.816. The van der Waals surface area contributed by atoms with Crippen LogP contribution in [0.3, 0.4) is 0 Å². The molecule has 1 unspecified atom stereocenters. The molecule has 0 radical (unpaired) electrons. The Labute approximate surface area is 150 Å². The van der Waals surface area contributed by atoms with Crippen molar-refractivity contribution < 1.29 is 14.0 Å². The van der Waals surface area contributed by atoms with E-state index in [0.717, 1.165) is 30.6 Å². The minimum Gasteiger partial charge on any atom is -0.366 e. The monoisotopic (exact) mass is 360 g/mol. The van der Waals surface area contributed by atoms with Crippen molar-refractivity contribution in [1.29, 1.82) is 0 Å². The summed E-state index contributed by atoms with van der Waals surface area (Å²) in [5, 5.41) is 5.01. The Morgan fingerprint density at radius 3 is 2.56 bits per heavy atom. The maximum Gasteiger partial charge on any atom is 0.251 e. The van der Waals surface area contributed by atoms with Gasteiger partial charge in [-0.3, -0.25) is 9.59 Å². The number of primary amides is 1. The van der Waals surface area contributed by atoms with Gasteiger partial charge in [-0.25, -0.2) is 4.39 Å². The smallest absolute Gasteiger partial charge is 0.251 e. The van der Waals surface area contributed by atoms with Crippen LogP contribution in [0.2, 0.25) is 0 Å². The van der Waals surface area contributed by atoms with Crippen LogP contribution in [0.5, 0.6) is 0 Å². The lowest BCUT2D eigenvalue weighted by Gasteiger charge is -2.25. The first-order valence-electron chi connectivity index (χ1n) is 8.49. The summed E-state index contributed by atoms with van der Waals surface area (Å²) in [5.74, 6) is -2.22. The summed E-state index contributed by atoms with van der Waals surface area (Å²) in [4.78, 5) is 25.0. The zero-order valence-corrected chi connectivity index (χ0v) is 14.7. The molecule has 1 saturated carbocycles. The van der Waals surface area contributed by atoms with Crippen molar-refractivity contribution in [2.24, 2.45) is 5.73 Å². The first-order chi connectivity index (χ1) is 12.1. The molecule has 1 aromatic carbocycles. The van der Waals surface area contributed by atoms with Gasteiger partial charge in [0.05, 0.1) is 11.5 Å². The van der Waals surface area contributed by atoms with E-state index in [-0.39, 0.29) is 17.5 Å². The van der Waals surface area contributed by atoms with E-state index in [2.05, 4.69) is 5.32 Å². The molecule has 1 atom stereocenters. The van der Waals surface area contributed by atoms with E-state index in [1.54, 1.807) is 6.07 Å². The molecule has 1 aliphatic rings. The fourth-order valence-corrected chi connectivity index (χ4v) is 4.19. The molecule has 3 N–H and O–H groups in total. The predicted molar refractivity (Wildman–Crippen MR) is 96.1 cm³/mol. The third-order valence-corrected chi connectivity index (χ3v) is 5.57. The Balaban J connectivity index is 1.88. The summed E-state index contributed by atoms with van der Waals surface area (Å²) in [6.45, 7) is 0. The van der Waals surface area contributed by atoms with Crippen LogP contribution in [-0.4, -0.2) is 17.9 Å². The van der Waals surface area contributed by atoms with Gasteiger partial charge in [0.2, 0.25) is 5.91 Å². The molecule has 1 aromatic heterocycles. The van der Waals surface area contributed by atoms with Gasteiger partial charge in [0, 0.05) is 10.9 Å². The molecule has 1 heterocycles. The van der Waals surface area contributed by atoms with E-state index in [1.807, 2.05) is 17.5 Å². The third kappa shape index (κ3) is 4.07. The zero-order valence-electron chi connectivity index (χ0n) is 13.8. The Morgan fingerprint density at radius 2 is 1.96 bits per heavy atom. The van der Waals surface area contributed by atoms with Crippen LogP contribution in [0.25, 0.3) is 0 Å². The van der Waals surface area contributed by atoms with Crippen molar-refractivity contribution in [2.45, 2.75) is 44.1 Å². The number of benzene rings is 1. The topological polar surface area (TPSA) is 72.2 Å². The van der Waals surface area contributed by atoms with E-state index >= 15 is 0 Å². The molecule has 1 fully saturated rings. The van der Waals surface area contributed by atoms with Crippen LogP contribution in [0.1, 0.15) is 58.8 Å². The van der Waals surface area contributed by atoms with Gasteiger partial charge in [-0.05, 0) is 42.0 Å². The van der Waals surface area contributed by atoms with Crippen LogP contribution in [0.4, 0.5) is 4.39 Å². The third-order valence-electron chi connectivity index (χ3n) is 4.63. The number of carbonyl (C=O) groups is 2. The number of rotatable bonds is 5. The molecule has 6 heteroatoms. The average Bonchev–Trinajstić information content (AvgIpc) is 3.10. The molecule has 3 rings (SSSR count). The highest BCUT2D eigenvalue weighted by Gasteiger charge is 2.27. The van der Waals surface area contributed by atoms with Crippen molar-refractivity contribution in [1.82, 2.24) is 5.32 Å². The number of hydrogen-bond acceptors (Lipinski definition) is 3. The number of carbonyl (C=O) groups excluding carboxylic acids is 2. The fraction of sp³-hybridized carbons (Fsp3) is 0.368. The van der Waals surface area contributed by atoms with Crippen molar-refractivity contribution >= 4 is 23.2 Å². The SMILES string of the molecule is NC(=O)c1ccc(C(C(=O)NC2CCCCC2)c2cccs2)cc1F. The largest absolute Gasteiger partial charge is 0.366 e. The van der Waals surface area contributed by atoms with E-state index < -0.39 is 17.6 Å².